The van der Waals surface area contributed by atoms with Crippen molar-refractivity contribution in [3.05, 3.63) is 72.4 Å². The first-order valence-electron chi connectivity index (χ1n) is 10.9. The molecule has 1 aliphatic heterocycles. The lowest BCUT2D eigenvalue weighted by molar-refractivity contribution is -0.0411. The van der Waals surface area contributed by atoms with Crippen LogP contribution in [0, 0.1) is 0 Å². The molecular formula is C25H34N2OS. The highest BCUT2D eigenvalue weighted by molar-refractivity contribution is 7.82. The molecule has 0 radical (unpaired) electrons. The molecule has 156 valence electrons. The van der Waals surface area contributed by atoms with Crippen molar-refractivity contribution >= 4 is 24.2 Å². The molecule has 0 spiro atoms. The molecule has 1 N–H and O–H groups in total. The van der Waals surface area contributed by atoms with Crippen molar-refractivity contribution in [2.24, 2.45) is 0 Å². The van der Waals surface area contributed by atoms with Gasteiger partial charge in [0.2, 0.25) is 0 Å². The van der Waals surface area contributed by atoms with E-state index in [0.29, 0.717) is 0 Å². The summed E-state index contributed by atoms with van der Waals surface area (Å²) in [5.41, 5.74) is 2.16. The van der Waals surface area contributed by atoms with Gasteiger partial charge < -0.3 is 10.0 Å². The molecule has 3 rings (SSSR count). The number of hydrogen-bond acceptors (Lipinski definition) is 4. The second-order valence-electron chi connectivity index (χ2n) is 7.95. The molecule has 0 saturated carbocycles. The molecule has 0 aliphatic carbocycles. The van der Waals surface area contributed by atoms with Gasteiger partial charge in [-0.05, 0) is 55.3 Å². The van der Waals surface area contributed by atoms with Crippen molar-refractivity contribution in [1.29, 1.82) is 0 Å². The van der Waals surface area contributed by atoms with E-state index in [-0.39, 0.29) is 6.04 Å². The number of para-hydroxylation sites is 1. The van der Waals surface area contributed by atoms with Crippen molar-refractivity contribution in [2.45, 2.75) is 64.0 Å². The van der Waals surface area contributed by atoms with E-state index in [1.54, 1.807) is 0 Å². The number of benzene rings is 2. The van der Waals surface area contributed by atoms with Gasteiger partial charge in [-0.1, -0.05) is 82.3 Å². The van der Waals surface area contributed by atoms with Crippen LogP contribution in [0.5, 0.6) is 0 Å². The molecular weight excluding hydrogens is 376 g/mol. The van der Waals surface area contributed by atoms with Crippen LogP contribution in [0.2, 0.25) is 0 Å². The van der Waals surface area contributed by atoms with Crippen LogP contribution in [-0.2, 0) is 5.60 Å². The van der Waals surface area contributed by atoms with Crippen LogP contribution in [0.3, 0.4) is 0 Å². The molecule has 0 fully saturated rings. The maximum Gasteiger partial charge on any atom is 0.110 e. The molecule has 0 aromatic heterocycles. The Kier molecular flexibility index (Phi) is 7.68. The highest BCUT2D eigenvalue weighted by Crippen LogP contribution is 2.39. The number of rotatable bonds is 10. The van der Waals surface area contributed by atoms with E-state index in [0.717, 1.165) is 42.7 Å². The van der Waals surface area contributed by atoms with Crippen LogP contribution < -0.4 is 4.31 Å². The van der Waals surface area contributed by atoms with Crippen LogP contribution in [0.15, 0.2) is 66.9 Å². The molecule has 2 unspecified atom stereocenters. The van der Waals surface area contributed by atoms with Gasteiger partial charge in [0.1, 0.15) is 5.60 Å². The van der Waals surface area contributed by atoms with Crippen LogP contribution in [0.25, 0.3) is 0 Å². The van der Waals surface area contributed by atoms with Crippen molar-refractivity contribution in [1.82, 2.24) is 4.90 Å². The topological polar surface area (TPSA) is 26.7 Å². The number of thiol groups is 1. The minimum absolute atomic E-state index is 0.103. The highest BCUT2D eigenvalue weighted by Gasteiger charge is 2.41. The van der Waals surface area contributed by atoms with Gasteiger partial charge in [-0.3, -0.25) is 4.31 Å². The SMILES string of the molecule is CCCCCN1C=CCC1C(O)(CCC)c1ccc(N(S)c2ccccc2)cc1. The first-order chi connectivity index (χ1) is 14.1. The van der Waals surface area contributed by atoms with Gasteiger partial charge in [-0.25, -0.2) is 0 Å². The molecule has 0 bridgehead atoms. The minimum atomic E-state index is -0.850. The van der Waals surface area contributed by atoms with Crippen LogP contribution in [0.4, 0.5) is 11.4 Å². The van der Waals surface area contributed by atoms with Gasteiger partial charge in [0.05, 0.1) is 17.4 Å². The van der Waals surface area contributed by atoms with Crippen molar-refractivity contribution in [2.75, 3.05) is 10.8 Å². The Morgan fingerprint density at radius 3 is 2.34 bits per heavy atom. The van der Waals surface area contributed by atoms with Crippen molar-refractivity contribution in [3.8, 4) is 0 Å². The standard InChI is InChI=1S/C25H34N2OS/c1-3-5-9-19-26-20-10-13-24(26)25(28,18-4-2)21-14-16-23(17-15-21)27(29)22-11-7-6-8-12-22/h6-8,10-12,14-17,20,24,28-29H,3-5,9,13,18-19H2,1-2H3. The molecule has 2 atom stereocenters. The lowest BCUT2D eigenvalue weighted by Gasteiger charge is -2.40. The predicted octanol–water partition coefficient (Wildman–Crippen LogP) is 6.44. The summed E-state index contributed by atoms with van der Waals surface area (Å²) < 4.78 is 1.87. The normalized spacial score (nSPS) is 18.1. The summed E-state index contributed by atoms with van der Waals surface area (Å²) in [5, 5.41) is 11.8. The molecule has 2 aromatic carbocycles. The fourth-order valence-corrected chi connectivity index (χ4v) is 4.57. The van der Waals surface area contributed by atoms with Gasteiger partial charge in [0, 0.05) is 6.54 Å². The second-order valence-corrected chi connectivity index (χ2v) is 8.35. The zero-order valence-corrected chi connectivity index (χ0v) is 18.6. The summed E-state index contributed by atoms with van der Waals surface area (Å²) in [7, 11) is 0. The average Bonchev–Trinajstić information content (AvgIpc) is 3.23. The predicted molar refractivity (Wildman–Crippen MR) is 127 cm³/mol. The minimum Gasteiger partial charge on any atom is -0.383 e. The Bertz CT molecular complexity index is 777. The second kappa shape index (κ2) is 10.2. The smallest absolute Gasteiger partial charge is 0.110 e. The molecule has 2 aromatic rings. The van der Waals surface area contributed by atoms with E-state index < -0.39 is 5.60 Å². The quantitative estimate of drug-likeness (QED) is 0.349. The molecule has 1 heterocycles. The van der Waals surface area contributed by atoms with E-state index >= 15 is 0 Å². The highest BCUT2D eigenvalue weighted by atomic mass is 32.1. The Morgan fingerprint density at radius 1 is 1.00 bits per heavy atom. The first-order valence-corrected chi connectivity index (χ1v) is 11.3. The number of anilines is 2. The summed E-state index contributed by atoms with van der Waals surface area (Å²) in [6.45, 7) is 5.39. The third-order valence-corrected chi connectivity index (χ3v) is 6.33. The van der Waals surface area contributed by atoms with E-state index in [4.69, 9.17) is 0 Å². The number of hydrogen-bond donors (Lipinski definition) is 2. The van der Waals surface area contributed by atoms with Crippen molar-refractivity contribution in [3.63, 3.8) is 0 Å². The summed E-state index contributed by atoms with van der Waals surface area (Å²) in [6.07, 6.45) is 10.6. The monoisotopic (exact) mass is 410 g/mol. The van der Waals surface area contributed by atoms with Crippen molar-refractivity contribution < 1.29 is 5.11 Å². The lowest BCUT2D eigenvalue weighted by Crippen LogP contribution is -2.47. The molecule has 29 heavy (non-hydrogen) atoms. The molecule has 3 nitrogen and oxygen atoms in total. The number of nitrogens with zero attached hydrogens (tertiary/aromatic N) is 2. The zero-order chi connectivity index (χ0) is 20.7. The van der Waals surface area contributed by atoms with Gasteiger partial charge in [-0.15, -0.1) is 0 Å². The molecule has 0 amide bonds. The van der Waals surface area contributed by atoms with Gasteiger partial charge in [0.25, 0.3) is 0 Å². The fraction of sp³-hybridized carbons (Fsp3) is 0.440. The number of unbranched alkanes of at least 4 members (excludes halogenated alkanes) is 2. The Morgan fingerprint density at radius 2 is 1.69 bits per heavy atom. The van der Waals surface area contributed by atoms with E-state index in [1.807, 2.05) is 34.6 Å². The van der Waals surface area contributed by atoms with Crippen LogP contribution in [-0.4, -0.2) is 22.6 Å². The van der Waals surface area contributed by atoms with Crippen LogP contribution in [0.1, 0.15) is 57.9 Å². The molecule has 1 aliphatic rings. The Labute approximate surface area is 181 Å². The van der Waals surface area contributed by atoms with Crippen LogP contribution >= 0.6 is 12.8 Å². The third-order valence-electron chi connectivity index (χ3n) is 5.87. The Hall–Kier alpha value is -1.91. The van der Waals surface area contributed by atoms with E-state index in [1.165, 1.54) is 19.3 Å². The van der Waals surface area contributed by atoms with Gasteiger partial charge >= 0.3 is 0 Å². The lowest BCUT2D eigenvalue weighted by atomic mass is 9.81. The molecule has 4 heteroatoms. The van der Waals surface area contributed by atoms with E-state index in [2.05, 4.69) is 68.1 Å². The average molecular weight is 411 g/mol. The fourth-order valence-electron chi connectivity index (χ4n) is 4.30. The Balaban J connectivity index is 1.81. The van der Waals surface area contributed by atoms with Gasteiger partial charge in [0.15, 0.2) is 0 Å². The summed E-state index contributed by atoms with van der Waals surface area (Å²) in [4.78, 5) is 2.36. The number of aliphatic hydroxyl groups is 1. The largest absolute Gasteiger partial charge is 0.383 e. The van der Waals surface area contributed by atoms with Gasteiger partial charge in [-0.2, -0.15) is 0 Å². The first kappa shape index (κ1) is 21.8. The summed E-state index contributed by atoms with van der Waals surface area (Å²) in [5.74, 6) is 0. The summed E-state index contributed by atoms with van der Waals surface area (Å²) >= 11 is 4.66. The molecule has 0 saturated heterocycles. The summed E-state index contributed by atoms with van der Waals surface area (Å²) in [6, 6.07) is 18.4. The maximum atomic E-state index is 11.8. The zero-order valence-electron chi connectivity index (χ0n) is 17.7. The third kappa shape index (κ3) is 4.99. The maximum absolute atomic E-state index is 11.8. The van der Waals surface area contributed by atoms with E-state index in [9.17, 15) is 5.11 Å².